The lowest BCUT2D eigenvalue weighted by Gasteiger charge is -2.12. The van der Waals surface area contributed by atoms with Crippen molar-refractivity contribution in [2.24, 2.45) is 7.05 Å². The highest BCUT2D eigenvalue weighted by Crippen LogP contribution is 2.39. The second-order valence-electron chi connectivity index (χ2n) is 3.44. The van der Waals surface area contributed by atoms with Crippen LogP contribution in [-0.4, -0.2) is 20.2 Å². The molecule has 2 N–H and O–H groups in total. The van der Waals surface area contributed by atoms with Gasteiger partial charge in [0, 0.05) is 17.6 Å². The first-order valence-corrected chi connectivity index (χ1v) is 5.56. The number of nitrogens with zero attached hydrogens (tertiary/aromatic N) is 4. The van der Waals surface area contributed by atoms with Crippen LogP contribution < -0.4 is 5.73 Å². The normalized spacial score (nSPS) is 11.8. The molecule has 0 unspecified atom stereocenters. The molecule has 0 amide bonds. The number of rotatable bonds is 2. The van der Waals surface area contributed by atoms with Crippen molar-refractivity contribution in [1.29, 1.82) is 0 Å². The quantitative estimate of drug-likeness (QED) is 0.848. The maximum Gasteiger partial charge on any atom is 0.417 e. The molecule has 2 aromatic rings. The lowest BCUT2D eigenvalue weighted by Crippen LogP contribution is -2.08. The van der Waals surface area contributed by atoms with E-state index in [9.17, 15) is 13.2 Å². The molecule has 0 saturated carbocycles. The Labute approximate surface area is 104 Å². The summed E-state index contributed by atoms with van der Waals surface area (Å²) in [5.41, 5.74) is 4.63. The molecule has 0 saturated heterocycles. The van der Waals surface area contributed by atoms with Crippen LogP contribution in [0.5, 0.6) is 0 Å². The Hall–Kier alpha value is -1.77. The molecule has 0 spiro atoms. The molecule has 0 radical (unpaired) electrons. The first kappa shape index (κ1) is 12.7. The smallest absolute Gasteiger partial charge is 0.399 e. The Morgan fingerprint density at radius 3 is 2.61 bits per heavy atom. The fourth-order valence-corrected chi connectivity index (χ4v) is 2.13. The average Bonchev–Trinajstić information content (AvgIpc) is 2.66. The van der Waals surface area contributed by atoms with Crippen LogP contribution in [0.3, 0.4) is 0 Å². The van der Waals surface area contributed by atoms with E-state index in [1.54, 1.807) is 7.05 Å². The highest BCUT2D eigenvalue weighted by Gasteiger charge is 2.34. The van der Waals surface area contributed by atoms with Gasteiger partial charge in [0.15, 0.2) is 0 Å². The highest BCUT2D eigenvalue weighted by atomic mass is 32.2. The van der Waals surface area contributed by atoms with E-state index >= 15 is 0 Å². The van der Waals surface area contributed by atoms with Crippen molar-refractivity contribution in [3.8, 4) is 0 Å². The van der Waals surface area contributed by atoms with Gasteiger partial charge < -0.3 is 5.73 Å². The van der Waals surface area contributed by atoms with Crippen LogP contribution >= 0.6 is 11.8 Å². The maximum atomic E-state index is 12.8. The van der Waals surface area contributed by atoms with E-state index in [0.29, 0.717) is 0 Å². The van der Waals surface area contributed by atoms with Gasteiger partial charge in [0.05, 0.1) is 5.56 Å². The molecule has 1 heterocycles. The predicted octanol–water partition coefficient (Wildman–Crippen LogP) is 1.96. The third-order valence-electron chi connectivity index (χ3n) is 2.09. The highest BCUT2D eigenvalue weighted by molar-refractivity contribution is 7.99. The lowest BCUT2D eigenvalue weighted by molar-refractivity contribution is -0.139. The van der Waals surface area contributed by atoms with Crippen molar-refractivity contribution in [3.05, 3.63) is 23.8 Å². The van der Waals surface area contributed by atoms with Crippen LogP contribution in [0.2, 0.25) is 0 Å². The fourth-order valence-electron chi connectivity index (χ4n) is 1.26. The van der Waals surface area contributed by atoms with Crippen molar-refractivity contribution in [2.75, 3.05) is 5.73 Å². The van der Waals surface area contributed by atoms with Crippen molar-refractivity contribution >= 4 is 17.4 Å². The Bertz CT molecular complexity index is 566. The van der Waals surface area contributed by atoms with Gasteiger partial charge in [-0.1, -0.05) is 0 Å². The summed E-state index contributed by atoms with van der Waals surface area (Å²) in [5.74, 6) is 0. The zero-order valence-corrected chi connectivity index (χ0v) is 9.96. The topological polar surface area (TPSA) is 69.6 Å². The van der Waals surface area contributed by atoms with Gasteiger partial charge >= 0.3 is 6.18 Å². The van der Waals surface area contributed by atoms with E-state index in [-0.39, 0.29) is 15.7 Å². The Morgan fingerprint density at radius 2 is 2.06 bits per heavy atom. The number of hydrogen-bond donors (Lipinski definition) is 1. The summed E-state index contributed by atoms with van der Waals surface area (Å²) in [5, 5.41) is 10.8. The van der Waals surface area contributed by atoms with Gasteiger partial charge in [-0.25, -0.2) is 4.68 Å². The summed E-state index contributed by atoms with van der Waals surface area (Å²) >= 11 is 0.834. The van der Waals surface area contributed by atoms with Crippen LogP contribution in [0.25, 0.3) is 0 Å². The zero-order valence-electron chi connectivity index (χ0n) is 9.14. The number of hydrogen-bond acceptors (Lipinski definition) is 5. The van der Waals surface area contributed by atoms with E-state index in [0.717, 1.165) is 17.8 Å². The van der Waals surface area contributed by atoms with Crippen LogP contribution in [-0.2, 0) is 13.2 Å². The molecule has 1 aromatic heterocycles. The zero-order chi connectivity index (χ0) is 13.3. The maximum absolute atomic E-state index is 12.8. The molecule has 0 fully saturated rings. The molecule has 0 atom stereocenters. The molecule has 0 bridgehead atoms. The predicted molar refractivity (Wildman–Crippen MR) is 58.8 cm³/mol. The van der Waals surface area contributed by atoms with Crippen molar-refractivity contribution < 1.29 is 13.2 Å². The number of halogens is 3. The number of nitrogens with two attached hydrogens (primary N) is 1. The Balaban J connectivity index is 2.42. The average molecular weight is 275 g/mol. The number of benzene rings is 1. The first-order valence-electron chi connectivity index (χ1n) is 4.75. The van der Waals surface area contributed by atoms with E-state index in [1.165, 1.54) is 16.8 Å². The molecule has 0 aliphatic heterocycles. The summed E-state index contributed by atoms with van der Waals surface area (Å²) in [7, 11) is 1.55. The van der Waals surface area contributed by atoms with E-state index < -0.39 is 11.7 Å². The van der Waals surface area contributed by atoms with Crippen LogP contribution in [0.4, 0.5) is 18.9 Å². The molecule has 2 rings (SSSR count). The van der Waals surface area contributed by atoms with Gasteiger partial charge in [-0.3, -0.25) is 0 Å². The number of aryl methyl sites for hydroxylation is 1. The first-order chi connectivity index (χ1) is 8.38. The molecule has 9 heteroatoms. The monoisotopic (exact) mass is 275 g/mol. The largest absolute Gasteiger partial charge is 0.417 e. The molecule has 96 valence electrons. The number of nitrogen functional groups attached to an aromatic ring is 1. The molecular weight excluding hydrogens is 267 g/mol. The van der Waals surface area contributed by atoms with Crippen LogP contribution in [0, 0.1) is 0 Å². The summed E-state index contributed by atoms with van der Waals surface area (Å²) in [4.78, 5) is 0.00889. The minimum Gasteiger partial charge on any atom is -0.399 e. The summed E-state index contributed by atoms with van der Waals surface area (Å²) in [6.07, 6.45) is -4.47. The molecule has 5 nitrogen and oxygen atoms in total. The third-order valence-corrected chi connectivity index (χ3v) is 3.20. The summed E-state index contributed by atoms with van der Waals surface area (Å²) in [6, 6.07) is 3.60. The van der Waals surface area contributed by atoms with E-state index in [4.69, 9.17) is 5.73 Å². The summed E-state index contributed by atoms with van der Waals surface area (Å²) in [6.45, 7) is 0. The van der Waals surface area contributed by atoms with Gasteiger partial charge in [0.2, 0.25) is 5.16 Å². The van der Waals surface area contributed by atoms with Crippen LogP contribution in [0.15, 0.2) is 28.3 Å². The Kier molecular flexibility index (Phi) is 3.16. The third kappa shape index (κ3) is 2.55. The van der Waals surface area contributed by atoms with Crippen LogP contribution in [0.1, 0.15) is 5.56 Å². The lowest BCUT2D eigenvalue weighted by atomic mass is 10.2. The van der Waals surface area contributed by atoms with Gasteiger partial charge in [-0.15, -0.1) is 5.10 Å². The van der Waals surface area contributed by atoms with Crippen molar-refractivity contribution in [2.45, 2.75) is 16.2 Å². The van der Waals surface area contributed by atoms with Crippen molar-refractivity contribution in [3.63, 3.8) is 0 Å². The van der Waals surface area contributed by atoms with Crippen molar-refractivity contribution in [1.82, 2.24) is 20.2 Å². The number of aromatic nitrogens is 4. The molecule has 0 aliphatic carbocycles. The molecular formula is C9H8F3N5S. The van der Waals surface area contributed by atoms with Gasteiger partial charge in [0.25, 0.3) is 0 Å². The van der Waals surface area contributed by atoms with Gasteiger partial charge in [0.1, 0.15) is 0 Å². The number of tetrazole rings is 1. The fraction of sp³-hybridized carbons (Fsp3) is 0.222. The minimum atomic E-state index is -4.47. The molecule has 18 heavy (non-hydrogen) atoms. The SMILES string of the molecule is Cn1nnnc1Sc1ccc(N)cc1C(F)(F)F. The van der Waals surface area contributed by atoms with Gasteiger partial charge in [-0.05, 0) is 40.4 Å². The summed E-state index contributed by atoms with van der Waals surface area (Å²) < 4.78 is 39.8. The number of alkyl halides is 3. The standard InChI is InChI=1S/C9H8F3N5S/c1-17-8(14-15-16-17)18-7-3-2-5(13)4-6(7)9(10,11)12/h2-4H,13H2,1H3. The van der Waals surface area contributed by atoms with Gasteiger partial charge in [-0.2, -0.15) is 13.2 Å². The number of anilines is 1. The Morgan fingerprint density at radius 1 is 1.33 bits per heavy atom. The van der Waals surface area contributed by atoms with E-state index in [2.05, 4.69) is 15.5 Å². The second kappa shape index (κ2) is 4.48. The van der Waals surface area contributed by atoms with E-state index in [1.807, 2.05) is 0 Å². The molecule has 1 aromatic carbocycles. The second-order valence-corrected chi connectivity index (χ2v) is 4.45. The minimum absolute atomic E-state index is 0.00889. The molecule has 0 aliphatic rings.